The summed E-state index contributed by atoms with van der Waals surface area (Å²) in [6.07, 6.45) is 3.45. The van der Waals surface area contributed by atoms with Gasteiger partial charge < -0.3 is 9.84 Å². The van der Waals surface area contributed by atoms with Crippen molar-refractivity contribution >= 4 is 11.3 Å². The fourth-order valence-corrected chi connectivity index (χ4v) is 4.10. The van der Waals surface area contributed by atoms with Crippen molar-refractivity contribution in [2.24, 2.45) is 5.92 Å². The molecule has 2 nitrogen and oxygen atoms in total. The number of fused-ring (bicyclic) bond motifs is 1. The van der Waals surface area contributed by atoms with E-state index in [1.54, 1.807) is 25.1 Å². The Labute approximate surface area is 185 Å². The standard InChI is InChI=1S/C27H23F3O2/c1-3-27(32-15-21-12-25(29)26(30)14-24(21)28)18-6-4-17(5-7-18)10-20-11-19-8-9-22(31)13-23(19)16(20)2/h3-9,12-14,20,31H,2,10-11,15H2,1H3/b27-3+. The molecule has 1 atom stereocenters. The van der Waals surface area contributed by atoms with E-state index in [1.807, 2.05) is 30.3 Å². The quantitative estimate of drug-likeness (QED) is 0.340. The highest BCUT2D eigenvalue weighted by molar-refractivity contribution is 5.74. The summed E-state index contributed by atoms with van der Waals surface area (Å²) in [4.78, 5) is 0. The van der Waals surface area contributed by atoms with Gasteiger partial charge in [0.1, 0.15) is 23.9 Å². The molecule has 3 aromatic rings. The number of hydrogen-bond donors (Lipinski definition) is 1. The van der Waals surface area contributed by atoms with Gasteiger partial charge in [-0.15, -0.1) is 0 Å². The van der Waals surface area contributed by atoms with Gasteiger partial charge in [-0.3, -0.25) is 0 Å². The van der Waals surface area contributed by atoms with Crippen LogP contribution in [0.25, 0.3) is 11.3 Å². The Morgan fingerprint density at radius 3 is 2.47 bits per heavy atom. The lowest BCUT2D eigenvalue weighted by atomic mass is 9.93. The van der Waals surface area contributed by atoms with E-state index in [0.717, 1.165) is 41.2 Å². The third kappa shape index (κ3) is 4.42. The Kier molecular flexibility index (Phi) is 6.08. The molecule has 32 heavy (non-hydrogen) atoms. The Morgan fingerprint density at radius 2 is 1.75 bits per heavy atom. The number of allylic oxidation sites excluding steroid dienone is 2. The number of halogens is 3. The zero-order valence-electron chi connectivity index (χ0n) is 17.7. The maximum atomic E-state index is 13.9. The first kappa shape index (κ1) is 21.8. The smallest absolute Gasteiger partial charge is 0.161 e. The summed E-state index contributed by atoms with van der Waals surface area (Å²) in [5, 5.41) is 9.74. The number of benzene rings is 3. The molecule has 0 bridgehead atoms. The molecule has 0 radical (unpaired) electrons. The molecular formula is C27H23F3O2. The highest BCUT2D eigenvalue weighted by Crippen LogP contribution is 2.39. The normalized spacial score (nSPS) is 15.7. The molecule has 0 aliphatic heterocycles. The van der Waals surface area contributed by atoms with Crippen molar-refractivity contribution in [3.05, 3.63) is 113 Å². The molecule has 0 fully saturated rings. The highest BCUT2D eigenvalue weighted by atomic mass is 19.2. The summed E-state index contributed by atoms with van der Waals surface area (Å²) < 4.78 is 46.0. The molecule has 1 aliphatic carbocycles. The summed E-state index contributed by atoms with van der Waals surface area (Å²) >= 11 is 0. The average Bonchev–Trinajstić information content (AvgIpc) is 3.08. The van der Waals surface area contributed by atoms with Crippen LogP contribution in [0.3, 0.4) is 0 Å². The summed E-state index contributed by atoms with van der Waals surface area (Å²) in [7, 11) is 0. The SMILES string of the molecule is C=C1c2cc(O)ccc2CC1Cc1ccc(/C(=C\C)OCc2cc(F)c(F)cc2F)cc1. The lowest BCUT2D eigenvalue weighted by Gasteiger charge is -2.14. The fourth-order valence-electron chi connectivity index (χ4n) is 4.10. The molecule has 1 unspecified atom stereocenters. The van der Waals surface area contributed by atoms with Crippen LogP contribution in [0, 0.1) is 23.4 Å². The second-order valence-corrected chi connectivity index (χ2v) is 7.97. The van der Waals surface area contributed by atoms with E-state index in [9.17, 15) is 18.3 Å². The van der Waals surface area contributed by atoms with E-state index < -0.39 is 17.5 Å². The number of rotatable bonds is 6. The average molecular weight is 436 g/mol. The zero-order valence-corrected chi connectivity index (χ0v) is 17.7. The van der Waals surface area contributed by atoms with Crippen LogP contribution < -0.4 is 0 Å². The second-order valence-electron chi connectivity index (χ2n) is 7.97. The summed E-state index contributed by atoms with van der Waals surface area (Å²) in [6, 6.07) is 14.6. The topological polar surface area (TPSA) is 29.5 Å². The van der Waals surface area contributed by atoms with Crippen molar-refractivity contribution in [3.8, 4) is 5.75 Å². The van der Waals surface area contributed by atoms with E-state index in [2.05, 4.69) is 6.58 Å². The molecule has 4 rings (SSSR count). The predicted molar refractivity (Wildman–Crippen MR) is 119 cm³/mol. The van der Waals surface area contributed by atoms with Crippen LogP contribution in [0.15, 0.2) is 67.3 Å². The van der Waals surface area contributed by atoms with Gasteiger partial charge in [0.25, 0.3) is 0 Å². The van der Waals surface area contributed by atoms with Gasteiger partial charge in [0.15, 0.2) is 11.6 Å². The monoisotopic (exact) mass is 436 g/mol. The molecule has 164 valence electrons. The fraction of sp³-hybridized carbons (Fsp3) is 0.185. The van der Waals surface area contributed by atoms with E-state index >= 15 is 0 Å². The van der Waals surface area contributed by atoms with Crippen molar-refractivity contribution in [2.45, 2.75) is 26.4 Å². The first-order chi connectivity index (χ1) is 15.4. The maximum Gasteiger partial charge on any atom is 0.161 e. The second kappa shape index (κ2) is 8.95. The zero-order chi connectivity index (χ0) is 22.8. The number of phenols is 1. The molecule has 0 spiro atoms. The third-order valence-corrected chi connectivity index (χ3v) is 5.85. The molecular weight excluding hydrogens is 413 g/mol. The number of hydrogen-bond acceptors (Lipinski definition) is 2. The molecule has 0 aromatic heterocycles. The van der Waals surface area contributed by atoms with Gasteiger partial charge in [0, 0.05) is 17.2 Å². The third-order valence-electron chi connectivity index (χ3n) is 5.85. The van der Waals surface area contributed by atoms with E-state index in [4.69, 9.17) is 4.74 Å². The van der Waals surface area contributed by atoms with Crippen LogP contribution >= 0.6 is 0 Å². The van der Waals surface area contributed by atoms with Gasteiger partial charge in [-0.05, 0) is 72.2 Å². The van der Waals surface area contributed by atoms with E-state index in [1.165, 1.54) is 5.56 Å². The van der Waals surface area contributed by atoms with Gasteiger partial charge in [-0.25, -0.2) is 13.2 Å². The number of aromatic hydroxyl groups is 1. The molecule has 1 N–H and O–H groups in total. The van der Waals surface area contributed by atoms with Crippen LogP contribution in [0.4, 0.5) is 13.2 Å². The van der Waals surface area contributed by atoms with Crippen molar-refractivity contribution in [3.63, 3.8) is 0 Å². The minimum atomic E-state index is -1.22. The van der Waals surface area contributed by atoms with Crippen LogP contribution in [0.5, 0.6) is 5.75 Å². The van der Waals surface area contributed by atoms with Crippen molar-refractivity contribution < 1.29 is 23.0 Å². The largest absolute Gasteiger partial charge is 0.508 e. The van der Waals surface area contributed by atoms with Gasteiger partial charge >= 0.3 is 0 Å². The summed E-state index contributed by atoms with van der Waals surface area (Å²) in [5.41, 5.74) is 5.15. The van der Waals surface area contributed by atoms with Crippen LogP contribution in [-0.2, 0) is 24.2 Å². The van der Waals surface area contributed by atoms with Gasteiger partial charge in [0.2, 0.25) is 0 Å². The summed E-state index contributed by atoms with van der Waals surface area (Å²) in [6.45, 7) is 5.80. The number of phenolic OH excluding ortho intramolecular Hbond substituents is 1. The molecule has 1 aliphatic rings. The lowest BCUT2D eigenvalue weighted by Crippen LogP contribution is -2.03. The lowest BCUT2D eigenvalue weighted by molar-refractivity contribution is 0.257. The van der Waals surface area contributed by atoms with Crippen LogP contribution in [0.1, 0.15) is 34.7 Å². The van der Waals surface area contributed by atoms with Crippen molar-refractivity contribution in [1.29, 1.82) is 0 Å². The molecule has 0 saturated carbocycles. The van der Waals surface area contributed by atoms with Gasteiger partial charge in [-0.1, -0.05) is 36.9 Å². The maximum absolute atomic E-state index is 13.9. The van der Waals surface area contributed by atoms with Gasteiger partial charge in [0.05, 0.1) is 0 Å². The highest BCUT2D eigenvalue weighted by Gasteiger charge is 2.25. The molecule has 0 heterocycles. The van der Waals surface area contributed by atoms with E-state index in [-0.39, 0.29) is 23.8 Å². The molecule has 5 heteroatoms. The molecule has 0 amide bonds. The Morgan fingerprint density at radius 1 is 1.03 bits per heavy atom. The van der Waals surface area contributed by atoms with Gasteiger partial charge in [-0.2, -0.15) is 0 Å². The first-order valence-corrected chi connectivity index (χ1v) is 10.4. The molecule has 3 aromatic carbocycles. The summed E-state index contributed by atoms with van der Waals surface area (Å²) in [5.74, 6) is -2.14. The Hall–Kier alpha value is -3.47. The number of ether oxygens (including phenoxy) is 1. The van der Waals surface area contributed by atoms with Crippen molar-refractivity contribution in [1.82, 2.24) is 0 Å². The Bertz CT molecular complexity index is 1200. The minimum absolute atomic E-state index is 0.0507. The predicted octanol–water partition coefficient (Wildman–Crippen LogP) is 6.82. The van der Waals surface area contributed by atoms with E-state index in [0.29, 0.717) is 11.8 Å². The van der Waals surface area contributed by atoms with Crippen LogP contribution in [0.2, 0.25) is 0 Å². The Balaban J connectivity index is 1.42. The first-order valence-electron chi connectivity index (χ1n) is 10.4. The van der Waals surface area contributed by atoms with Crippen molar-refractivity contribution in [2.75, 3.05) is 0 Å². The molecule has 0 saturated heterocycles. The minimum Gasteiger partial charge on any atom is -0.508 e. The van der Waals surface area contributed by atoms with Crippen LogP contribution in [-0.4, -0.2) is 5.11 Å².